The Kier molecular flexibility index (Phi) is 7.30. The Balaban J connectivity index is 0.00000220. The number of piperidine rings is 1. The summed E-state index contributed by atoms with van der Waals surface area (Å²) in [6.07, 6.45) is 3.59. The molecule has 21 heavy (non-hydrogen) atoms. The molecule has 2 rings (SSSR count). The van der Waals surface area contributed by atoms with Crippen molar-refractivity contribution in [3.8, 4) is 0 Å². The number of thioether (sulfide) groups is 1. The largest absolute Gasteiger partial charge is 0.317 e. The van der Waals surface area contributed by atoms with Crippen LogP contribution in [0.1, 0.15) is 12.8 Å². The van der Waals surface area contributed by atoms with Crippen molar-refractivity contribution in [2.75, 3.05) is 26.4 Å². The van der Waals surface area contributed by atoms with Crippen LogP contribution in [-0.2, 0) is 10.0 Å². The van der Waals surface area contributed by atoms with E-state index in [-0.39, 0.29) is 17.3 Å². The fraction of sp³-hybridized carbons (Fsp3) is 0.538. The molecule has 8 heteroatoms. The monoisotopic (exact) mass is 370 g/mol. The SMILES string of the molecule is CNC1CCN(S(=O)(=O)c2ccc(SC)c(Cl)c2)CC1.Cl. The van der Waals surface area contributed by atoms with Crippen molar-refractivity contribution in [3.05, 3.63) is 23.2 Å². The number of sulfonamides is 1. The molecule has 0 unspecified atom stereocenters. The van der Waals surface area contributed by atoms with Gasteiger partial charge in [0.25, 0.3) is 0 Å². The normalized spacial score (nSPS) is 17.5. The maximum Gasteiger partial charge on any atom is 0.243 e. The van der Waals surface area contributed by atoms with Crippen LogP contribution >= 0.6 is 35.8 Å². The van der Waals surface area contributed by atoms with E-state index in [1.165, 1.54) is 11.8 Å². The average molecular weight is 371 g/mol. The molecule has 4 nitrogen and oxygen atoms in total. The molecule has 0 saturated carbocycles. The minimum absolute atomic E-state index is 0. The lowest BCUT2D eigenvalue weighted by Crippen LogP contribution is -2.43. The van der Waals surface area contributed by atoms with E-state index in [0.29, 0.717) is 24.2 Å². The summed E-state index contributed by atoms with van der Waals surface area (Å²) in [7, 11) is -1.52. The highest BCUT2D eigenvalue weighted by Gasteiger charge is 2.29. The number of nitrogens with zero attached hydrogens (tertiary/aromatic N) is 1. The summed E-state index contributed by atoms with van der Waals surface area (Å²) in [5, 5.41) is 3.68. The lowest BCUT2D eigenvalue weighted by Gasteiger charge is -2.31. The van der Waals surface area contributed by atoms with Crippen molar-refractivity contribution in [1.29, 1.82) is 0 Å². The van der Waals surface area contributed by atoms with E-state index in [2.05, 4.69) is 5.32 Å². The van der Waals surface area contributed by atoms with Gasteiger partial charge in [0.1, 0.15) is 0 Å². The zero-order valence-electron chi connectivity index (χ0n) is 12.0. The van der Waals surface area contributed by atoms with Gasteiger partial charge >= 0.3 is 0 Å². The van der Waals surface area contributed by atoms with Gasteiger partial charge in [-0.1, -0.05) is 11.6 Å². The molecule has 1 aromatic rings. The third-order valence-corrected chi connectivity index (χ3v) is 6.74. The molecule has 0 spiro atoms. The predicted molar refractivity (Wildman–Crippen MR) is 91.3 cm³/mol. The van der Waals surface area contributed by atoms with E-state index in [4.69, 9.17) is 11.6 Å². The Bertz CT molecular complexity index is 574. The molecule has 1 saturated heterocycles. The van der Waals surface area contributed by atoms with Gasteiger partial charge in [0.2, 0.25) is 10.0 Å². The zero-order chi connectivity index (χ0) is 14.8. The minimum Gasteiger partial charge on any atom is -0.317 e. The average Bonchev–Trinajstić information content (AvgIpc) is 2.47. The minimum atomic E-state index is -3.43. The number of halogens is 2. The topological polar surface area (TPSA) is 49.4 Å². The number of benzene rings is 1. The maximum absolute atomic E-state index is 12.6. The third-order valence-electron chi connectivity index (χ3n) is 3.62. The van der Waals surface area contributed by atoms with Crippen LogP contribution in [0.25, 0.3) is 0 Å². The van der Waals surface area contributed by atoms with Gasteiger partial charge in [-0.05, 0) is 44.3 Å². The van der Waals surface area contributed by atoms with E-state index in [9.17, 15) is 8.42 Å². The standard InChI is InChI=1S/C13H19ClN2O2S2.ClH/c1-15-10-5-7-16(8-6-10)20(17,18)11-3-4-13(19-2)12(14)9-11;/h3-4,9-10,15H,5-8H2,1-2H3;1H. The lowest BCUT2D eigenvalue weighted by molar-refractivity contribution is 0.298. The van der Waals surface area contributed by atoms with Crippen molar-refractivity contribution in [1.82, 2.24) is 9.62 Å². The summed E-state index contributed by atoms with van der Waals surface area (Å²) in [5.74, 6) is 0. The molecule has 1 N–H and O–H groups in total. The summed E-state index contributed by atoms with van der Waals surface area (Å²) in [4.78, 5) is 1.17. The smallest absolute Gasteiger partial charge is 0.243 e. The Morgan fingerprint density at radius 1 is 1.33 bits per heavy atom. The number of hydrogen-bond acceptors (Lipinski definition) is 4. The van der Waals surface area contributed by atoms with Crippen LogP contribution in [0.2, 0.25) is 5.02 Å². The number of hydrogen-bond donors (Lipinski definition) is 1. The lowest BCUT2D eigenvalue weighted by atomic mass is 10.1. The van der Waals surface area contributed by atoms with Gasteiger partial charge in [-0.3, -0.25) is 0 Å². The van der Waals surface area contributed by atoms with Gasteiger partial charge in [-0.2, -0.15) is 4.31 Å². The van der Waals surface area contributed by atoms with Gasteiger partial charge in [0.15, 0.2) is 0 Å². The molecule has 0 aliphatic carbocycles. The van der Waals surface area contributed by atoms with Crippen molar-refractivity contribution >= 4 is 45.8 Å². The summed E-state index contributed by atoms with van der Waals surface area (Å²) >= 11 is 7.61. The second-order valence-electron chi connectivity index (χ2n) is 4.76. The highest BCUT2D eigenvalue weighted by Crippen LogP contribution is 2.29. The van der Waals surface area contributed by atoms with Crippen LogP contribution in [0.4, 0.5) is 0 Å². The molecule has 0 amide bonds. The second kappa shape index (κ2) is 8.04. The Labute approximate surface area is 142 Å². The van der Waals surface area contributed by atoms with Crippen molar-refractivity contribution in [2.24, 2.45) is 0 Å². The van der Waals surface area contributed by atoms with Crippen molar-refractivity contribution in [2.45, 2.75) is 28.7 Å². The molecular weight excluding hydrogens is 351 g/mol. The van der Waals surface area contributed by atoms with Gasteiger partial charge in [0.05, 0.1) is 9.92 Å². The van der Waals surface area contributed by atoms with Gasteiger partial charge < -0.3 is 5.32 Å². The summed E-state index contributed by atoms with van der Waals surface area (Å²) in [6, 6.07) is 5.36. The number of rotatable bonds is 4. The first-order valence-electron chi connectivity index (χ1n) is 6.50. The second-order valence-corrected chi connectivity index (χ2v) is 7.96. The molecule has 0 aromatic heterocycles. The fourth-order valence-corrected chi connectivity index (χ4v) is 4.77. The summed E-state index contributed by atoms with van der Waals surface area (Å²) in [5.41, 5.74) is 0. The Hall–Kier alpha value is 0.0200. The fourth-order valence-electron chi connectivity index (χ4n) is 2.34. The summed E-state index contributed by atoms with van der Waals surface area (Å²) in [6.45, 7) is 1.10. The van der Waals surface area contributed by atoms with E-state index >= 15 is 0 Å². The van der Waals surface area contributed by atoms with Gasteiger partial charge in [-0.25, -0.2) is 8.42 Å². The van der Waals surface area contributed by atoms with E-state index in [1.807, 2.05) is 13.3 Å². The van der Waals surface area contributed by atoms with Crippen LogP contribution in [0.3, 0.4) is 0 Å². The molecule has 1 fully saturated rings. The van der Waals surface area contributed by atoms with Crippen LogP contribution in [-0.4, -0.2) is 45.2 Å². The highest BCUT2D eigenvalue weighted by atomic mass is 35.5. The van der Waals surface area contributed by atoms with Crippen molar-refractivity contribution in [3.63, 3.8) is 0 Å². The van der Waals surface area contributed by atoms with E-state index in [1.54, 1.807) is 22.5 Å². The molecule has 0 radical (unpaired) electrons. The molecule has 1 aliphatic rings. The molecule has 1 heterocycles. The molecule has 0 bridgehead atoms. The Morgan fingerprint density at radius 3 is 2.43 bits per heavy atom. The van der Waals surface area contributed by atoms with Crippen LogP contribution in [0.15, 0.2) is 28.0 Å². The quantitative estimate of drug-likeness (QED) is 0.827. The first-order chi connectivity index (χ1) is 9.48. The molecule has 1 aliphatic heterocycles. The maximum atomic E-state index is 12.6. The Morgan fingerprint density at radius 2 is 1.95 bits per heavy atom. The van der Waals surface area contributed by atoms with E-state index in [0.717, 1.165) is 17.7 Å². The first-order valence-corrected chi connectivity index (χ1v) is 9.54. The molecule has 120 valence electrons. The molecule has 1 aromatic carbocycles. The van der Waals surface area contributed by atoms with Crippen LogP contribution in [0, 0.1) is 0 Å². The molecular formula is C13H20Cl2N2O2S2. The molecule has 0 atom stereocenters. The van der Waals surface area contributed by atoms with Crippen LogP contribution in [0.5, 0.6) is 0 Å². The third kappa shape index (κ3) is 4.27. The first kappa shape index (κ1) is 19.1. The summed E-state index contributed by atoms with van der Waals surface area (Å²) < 4.78 is 26.7. The van der Waals surface area contributed by atoms with Gasteiger partial charge in [-0.15, -0.1) is 24.2 Å². The zero-order valence-corrected chi connectivity index (χ0v) is 15.2. The van der Waals surface area contributed by atoms with Gasteiger partial charge in [0, 0.05) is 24.0 Å². The van der Waals surface area contributed by atoms with Crippen molar-refractivity contribution < 1.29 is 8.42 Å². The number of nitrogens with one attached hydrogen (secondary N) is 1. The highest BCUT2D eigenvalue weighted by molar-refractivity contribution is 7.98. The predicted octanol–water partition coefficient (Wildman–Crippen LogP) is 2.86. The van der Waals surface area contributed by atoms with Crippen LogP contribution < -0.4 is 5.32 Å². The van der Waals surface area contributed by atoms with E-state index < -0.39 is 10.0 Å².